The van der Waals surface area contributed by atoms with E-state index >= 15 is 0 Å². The Hall–Kier alpha value is 0.130. The van der Waals surface area contributed by atoms with Gasteiger partial charge in [0.2, 0.25) is 5.91 Å². The zero-order valence-electron chi connectivity index (χ0n) is 10.2. The standard InChI is InChI=1S/C11H21NO2S2/c1-8(9(7-13)15-3)12-10(14)11(2)5-4-6-16-11/h8-9,13H,4-7H2,1-3H3,(H,12,14). The summed E-state index contributed by atoms with van der Waals surface area (Å²) in [5.74, 6) is 1.19. The van der Waals surface area contributed by atoms with Gasteiger partial charge in [-0.2, -0.15) is 11.8 Å². The van der Waals surface area contributed by atoms with E-state index < -0.39 is 0 Å². The van der Waals surface area contributed by atoms with Crippen LogP contribution in [0.3, 0.4) is 0 Å². The molecule has 1 heterocycles. The molecule has 16 heavy (non-hydrogen) atoms. The number of rotatable bonds is 5. The minimum Gasteiger partial charge on any atom is -0.395 e. The molecule has 3 unspecified atom stereocenters. The lowest BCUT2D eigenvalue weighted by Gasteiger charge is -2.27. The number of carbonyl (C=O) groups is 1. The maximum absolute atomic E-state index is 12.1. The molecule has 3 atom stereocenters. The minimum atomic E-state index is -0.257. The van der Waals surface area contributed by atoms with Crippen LogP contribution in [0.5, 0.6) is 0 Å². The van der Waals surface area contributed by atoms with Gasteiger partial charge in [0.1, 0.15) is 0 Å². The third-order valence-corrected chi connectivity index (χ3v) is 5.78. The summed E-state index contributed by atoms with van der Waals surface area (Å²) in [5.41, 5.74) is 0. The molecule has 0 saturated carbocycles. The van der Waals surface area contributed by atoms with Crippen molar-refractivity contribution in [3.8, 4) is 0 Å². The van der Waals surface area contributed by atoms with Gasteiger partial charge in [0.05, 0.1) is 11.4 Å². The molecule has 3 nitrogen and oxygen atoms in total. The predicted octanol–water partition coefficient (Wildman–Crippen LogP) is 1.50. The van der Waals surface area contributed by atoms with Crippen LogP contribution in [0.4, 0.5) is 0 Å². The molecule has 0 bridgehead atoms. The van der Waals surface area contributed by atoms with Crippen molar-refractivity contribution >= 4 is 29.4 Å². The van der Waals surface area contributed by atoms with Crippen LogP contribution in [-0.2, 0) is 4.79 Å². The van der Waals surface area contributed by atoms with Gasteiger partial charge < -0.3 is 10.4 Å². The van der Waals surface area contributed by atoms with Crippen molar-refractivity contribution in [2.24, 2.45) is 0 Å². The molecule has 0 radical (unpaired) electrons. The lowest BCUT2D eigenvalue weighted by atomic mass is 10.0. The summed E-state index contributed by atoms with van der Waals surface area (Å²) < 4.78 is -0.257. The Kier molecular flexibility index (Phi) is 5.47. The predicted molar refractivity (Wildman–Crippen MR) is 72.1 cm³/mol. The van der Waals surface area contributed by atoms with E-state index in [9.17, 15) is 4.79 Å². The van der Waals surface area contributed by atoms with Crippen LogP contribution in [0.15, 0.2) is 0 Å². The fraction of sp³-hybridized carbons (Fsp3) is 0.909. The van der Waals surface area contributed by atoms with Crippen molar-refractivity contribution in [2.45, 2.75) is 42.7 Å². The molecule has 0 aromatic rings. The number of aliphatic hydroxyl groups excluding tert-OH is 1. The van der Waals surface area contributed by atoms with E-state index in [0.29, 0.717) is 0 Å². The Balaban J connectivity index is 2.50. The first-order chi connectivity index (χ1) is 7.53. The Morgan fingerprint density at radius 3 is 2.81 bits per heavy atom. The smallest absolute Gasteiger partial charge is 0.236 e. The molecule has 1 amide bonds. The summed E-state index contributed by atoms with van der Waals surface area (Å²) in [5, 5.41) is 12.3. The van der Waals surface area contributed by atoms with Crippen LogP contribution in [0.1, 0.15) is 26.7 Å². The van der Waals surface area contributed by atoms with Gasteiger partial charge in [-0.1, -0.05) is 0 Å². The zero-order valence-corrected chi connectivity index (χ0v) is 11.8. The molecular formula is C11H21NO2S2. The number of carbonyl (C=O) groups excluding carboxylic acids is 1. The van der Waals surface area contributed by atoms with Crippen molar-refractivity contribution < 1.29 is 9.90 Å². The topological polar surface area (TPSA) is 49.3 Å². The normalized spacial score (nSPS) is 28.8. The van der Waals surface area contributed by atoms with Crippen LogP contribution in [0.25, 0.3) is 0 Å². The Morgan fingerprint density at radius 1 is 1.69 bits per heavy atom. The molecule has 0 spiro atoms. The van der Waals surface area contributed by atoms with Crippen molar-refractivity contribution in [1.29, 1.82) is 0 Å². The van der Waals surface area contributed by atoms with E-state index in [1.807, 2.05) is 20.1 Å². The lowest BCUT2D eigenvalue weighted by Crippen LogP contribution is -2.48. The molecule has 2 N–H and O–H groups in total. The summed E-state index contributed by atoms with van der Waals surface area (Å²) >= 11 is 3.33. The molecule has 1 aliphatic heterocycles. The van der Waals surface area contributed by atoms with Crippen molar-refractivity contribution in [3.63, 3.8) is 0 Å². The van der Waals surface area contributed by atoms with Gasteiger partial charge in [-0.15, -0.1) is 11.8 Å². The maximum atomic E-state index is 12.1. The quantitative estimate of drug-likeness (QED) is 0.789. The van der Waals surface area contributed by atoms with Crippen LogP contribution >= 0.6 is 23.5 Å². The fourth-order valence-electron chi connectivity index (χ4n) is 1.85. The van der Waals surface area contributed by atoms with Crippen molar-refractivity contribution in [1.82, 2.24) is 5.32 Å². The highest BCUT2D eigenvalue weighted by molar-refractivity contribution is 8.01. The van der Waals surface area contributed by atoms with Gasteiger partial charge >= 0.3 is 0 Å². The lowest BCUT2D eigenvalue weighted by molar-refractivity contribution is -0.123. The second-order valence-corrected chi connectivity index (χ2v) is 7.08. The van der Waals surface area contributed by atoms with Crippen molar-refractivity contribution in [2.75, 3.05) is 18.6 Å². The maximum Gasteiger partial charge on any atom is 0.236 e. The molecule has 1 aliphatic rings. The summed E-state index contributed by atoms with van der Waals surface area (Å²) in [6, 6.07) is 0.0190. The Morgan fingerprint density at radius 2 is 2.38 bits per heavy atom. The second kappa shape index (κ2) is 6.17. The number of hydrogen-bond donors (Lipinski definition) is 2. The van der Waals surface area contributed by atoms with Crippen LogP contribution in [-0.4, -0.2) is 45.7 Å². The highest BCUT2D eigenvalue weighted by atomic mass is 32.2. The zero-order chi connectivity index (χ0) is 12.2. The highest BCUT2D eigenvalue weighted by Crippen LogP contribution is 2.37. The SMILES string of the molecule is CSC(CO)C(C)NC(=O)C1(C)CCCS1. The summed E-state index contributed by atoms with van der Waals surface area (Å²) in [6.07, 6.45) is 4.03. The highest BCUT2D eigenvalue weighted by Gasteiger charge is 2.38. The number of aliphatic hydroxyl groups is 1. The van der Waals surface area contributed by atoms with Gasteiger partial charge in [0, 0.05) is 11.3 Å². The molecule has 1 rings (SSSR count). The number of amides is 1. The van der Waals surface area contributed by atoms with Gasteiger partial charge in [-0.05, 0) is 38.7 Å². The van der Waals surface area contributed by atoms with Crippen molar-refractivity contribution in [3.05, 3.63) is 0 Å². The Labute approximate surface area is 106 Å². The Bertz CT molecular complexity index is 238. The molecule has 0 aromatic carbocycles. The van der Waals surface area contributed by atoms with E-state index in [2.05, 4.69) is 5.32 Å². The average Bonchev–Trinajstić information content (AvgIpc) is 2.68. The van der Waals surface area contributed by atoms with Gasteiger partial charge in [0.25, 0.3) is 0 Å². The molecule has 0 aliphatic carbocycles. The molecule has 5 heteroatoms. The summed E-state index contributed by atoms with van der Waals surface area (Å²) in [7, 11) is 0. The first-order valence-electron chi connectivity index (χ1n) is 5.62. The first-order valence-corrected chi connectivity index (χ1v) is 7.89. The summed E-state index contributed by atoms with van der Waals surface area (Å²) in [6.45, 7) is 4.07. The molecule has 1 saturated heterocycles. The van der Waals surface area contributed by atoms with Gasteiger partial charge in [0.15, 0.2) is 0 Å². The minimum absolute atomic E-state index is 0.0190. The van der Waals surface area contributed by atoms with Crippen LogP contribution in [0, 0.1) is 0 Å². The monoisotopic (exact) mass is 263 g/mol. The largest absolute Gasteiger partial charge is 0.395 e. The summed E-state index contributed by atoms with van der Waals surface area (Å²) in [4.78, 5) is 12.1. The van der Waals surface area contributed by atoms with E-state index in [0.717, 1.165) is 18.6 Å². The number of thioether (sulfide) groups is 2. The fourth-order valence-corrected chi connectivity index (χ4v) is 3.69. The van der Waals surface area contributed by atoms with E-state index in [4.69, 9.17) is 5.11 Å². The van der Waals surface area contributed by atoms with Gasteiger partial charge in [-0.25, -0.2) is 0 Å². The molecular weight excluding hydrogens is 242 g/mol. The third kappa shape index (κ3) is 3.31. The second-order valence-electron chi connectivity index (χ2n) is 4.40. The third-order valence-electron chi connectivity index (χ3n) is 3.10. The average molecular weight is 263 g/mol. The number of nitrogens with one attached hydrogen (secondary N) is 1. The molecule has 94 valence electrons. The van der Waals surface area contributed by atoms with E-state index in [-0.39, 0.29) is 28.6 Å². The van der Waals surface area contributed by atoms with Gasteiger partial charge in [-0.3, -0.25) is 4.79 Å². The van der Waals surface area contributed by atoms with Crippen LogP contribution in [0.2, 0.25) is 0 Å². The van der Waals surface area contributed by atoms with E-state index in [1.165, 1.54) is 0 Å². The van der Waals surface area contributed by atoms with E-state index in [1.54, 1.807) is 23.5 Å². The van der Waals surface area contributed by atoms with Crippen LogP contribution < -0.4 is 5.32 Å². The number of hydrogen-bond acceptors (Lipinski definition) is 4. The molecule has 0 aromatic heterocycles. The molecule has 1 fully saturated rings. The first kappa shape index (κ1) is 14.2.